The normalized spacial score (nSPS) is 21.3. The number of Topliss-reactive ketones (excluding diaryl/α,β-unsaturated/α-hetero) is 1. The lowest BCUT2D eigenvalue weighted by atomic mass is 9.90. The van der Waals surface area contributed by atoms with E-state index >= 15 is 0 Å². The molecule has 1 atom stereocenters. The smallest absolute Gasteiger partial charge is 0.185 e. The van der Waals surface area contributed by atoms with Gasteiger partial charge in [-0.25, -0.2) is 0 Å². The summed E-state index contributed by atoms with van der Waals surface area (Å²) in [6, 6.07) is 3.68. The second-order valence-corrected chi connectivity index (χ2v) is 5.23. The number of furan rings is 1. The zero-order chi connectivity index (χ0) is 15.8. The number of ether oxygens (including phenoxy) is 2. The predicted molar refractivity (Wildman–Crippen MR) is 85.0 cm³/mol. The summed E-state index contributed by atoms with van der Waals surface area (Å²) in [5.41, 5.74) is -0.0274. The standard InChI is InChI=1S/C17H21NO4/c1-17(16(19)13-21-12-11-20-2)9-3-5-14(18-17)7-8-15-6-4-10-22-15/h3-8,10H,9,11-13H2,1-2H3/b8-7+/t17-/m0/s1. The molecule has 0 aliphatic carbocycles. The molecule has 0 spiro atoms. The van der Waals surface area contributed by atoms with Gasteiger partial charge in [0, 0.05) is 7.11 Å². The van der Waals surface area contributed by atoms with Crippen molar-refractivity contribution >= 4 is 17.6 Å². The predicted octanol–water partition coefficient (Wildman–Crippen LogP) is 2.68. The van der Waals surface area contributed by atoms with Crippen LogP contribution in [0.1, 0.15) is 19.1 Å². The number of dihydropyridines is 1. The van der Waals surface area contributed by atoms with Gasteiger partial charge >= 0.3 is 0 Å². The minimum atomic E-state index is -0.773. The van der Waals surface area contributed by atoms with E-state index in [9.17, 15) is 4.79 Å². The molecule has 0 N–H and O–H groups in total. The third-order valence-electron chi connectivity index (χ3n) is 3.41. The summed E-state index contributed by atoms with van der Waals surface area (Å²) in [6.45, 7) is 2.76. The second-order valence-electron chi connectivity index (χ2n) is 5.23. The average molecular weight is 303 g/mol. The Morgan fingerprint density at radius 2 is 2.32 bits per heavy atom. The second kappa shape index (κ2) is 7.87. The molecule has 1 aliphatic rings. The van der Waals surface area contributed by atoms with E-state index in [1.807, 2.05) is 43.4 Å². The van der Waals surface area contributed by atoms with E-state index in [0.717, 1.165) is 11.5 Å². The Morgan fingerprint density at radius 1 is 1.45 bits per heavy atom. The Bertz CT molecular complexity index is 571. The first kappa shape index (κ1) is 16.4. The maximum absolute atomic E-state index is 12.3. The molecule has 22 heavy (non-hydrogen) atoms. The van der Waals surface area contributed by atoms with Crippen molar-refractivity contribution < 1.29 is 18.7 Å². The van der Waals surface area contributed by atoms with Gasteiger partial charge in [-0.15, -0.1) is 0 Å². The van der Waals surface area contributed by atoms with Crippen molar-refractivity contribution in [3.8, 4) is 0 Å². The third-order valence-corrected chi connectivity index (χ3v) is 3.41. The first-order valence-electron chi connectivity index (χ1n) is 7.22. The highest BCUT2D eigenvalue weighted by molar-refractivity contribution is 6.09. The number of methoxy groups -OCH3 is 1. The number of carbonyl (C=O) groups is 1. The molecule has 5 nitrogen and oxygen atoms in total. The van der Waals surface area contributed by atoms with E-state index in [-0.39, 0.29) is 12.4 Å². The fourth-order valence-corrected chi connectivity index (χ4v) is 2.06. The minimum absolute atomic E-state index is 0.0307. The molecule has 0 radical (unpaired) electrons. The van der Waals surface area contributed by atoms with Gasteiger partial charge in [-0.05, 0) is 43.7 Å². The van der Waals surface area contributed by atoms with Gasteiger partial charge in [0.15, 0.2) is 5.78 Å². The maximum atomic E-state index is 12.3. The summed E-state index contributed by atoms with van der Waals surface area (Å²) in [5, 5.41) is 0. The number of hydrogen-bond acceptors (Lipinski definition) is 5. The van der Waals surface area contributed by atoms with E-state index in [1.165, 1.54) is 0 Å². The Morgan fingerprint density at radius 3 is 3.05 bits per heavy atom. The minimum Gasteiger partial charge on any atom is -0.465 e. The lowest BCUT2D eigenvalue weighted by molar-refractivity contribution is -0.128. The van der Waals surface area contributed by atoms with Crippen LogP contribution in [-0.4, -0.2) is 44.0 Å². The first-order chi connectivity index (χ1) is 10.6. The zero-order valence-electron chi connectivity index (χ0n) is 13.0. The summed E-state index contributed by atoms with van der Waals surface area (Å²) in [6.07, 6.45) is 9.73. The number of aliphatic imine (C=N–C) groups is 1. The lowest BCUT2D eigenvalue weighted by Crippen LogP contribution is -2.38. The van der Waals surface area contributed by atoms with Gasteiger partial charge in [0.2, 0.25) is 0 Å². The van der Waals surface area contributed by atoms with Crippen molar-refractivity contribution in [3.05, 3.63) is 42.4 Å². The van der Waals surface area contributed by atoms with E-state index in [1.54, 1.807) is 13.4 Å². The largest absolute Gasteiger partial charge is 0.465 e. The quantitative estimate of drug-likeness (QED) is 0.693. The molecular formula is C17H21NO4. The number of allylic oxidation sites excluding steroid dienone is 2. The fourth-order valence-electron chi connectivity index (χ4n) is 2.06. The molecule has 0 unspecified atom stereocenters. The highest BCUT2D eigenvalue weighted by Gasteiger charge is 2.32. The molecular weight excluding hydrogens is 282 g/mol. The Labute approximate surface area is 130 Å². The van der Waals surface area contributed by atoms with Gasteiger partial charge in [0.1, 0.15) is 17.9 Å². The van der Waals surface area contributed by atoms with Crippen LogP contribution in [-0.2, 0) is 14.3 Å². The number of rotatable bonds is 8. The van der Waals surface area contributed by atoms with Crippen LogP contribution in [0.4, 0.5) is 0 Å². The van der Waals surface area contributed by atoms with Gasteiger partial charge < -0.3 is 13.9 Å². The maximum Gasteiger partial charge on any atom is 0.185 e. The molecule has 1 aromatic rings. The van der Waals surface area contributed by atoms with Crippen LogP contribution >= 0.6 is 0 Å². The van der Waals surface area contributed by atoms with Crippen molar-refractivity contribution in [1.29, 1.82) is 0 Å². The van der Waals surface area contributed by atoms with Crippen molar-refractivity contribution in [2.45, 2.75) is 18.9 Å². The van der Waals surface area contributed by atoms with E-state index in [0.29, 0.717) is 19.6 Å². The lowest BCUT2D eigenvalue weighted by Gasteiger charge is -2.25. The SMILES string of the molecule is COCCOCC(=O)[C@]1(C)CC=CC(/C=C/c2ccco2)=N1. The number of nitrogens with zero attached hydrogens (tertiary/aromatic N) is 1. The number of hydrogen-bond donors (Lipinski definition) is 0. The monoisotopic (exact) mass is 303 g/mol. The number of ketones is 1. The summed E-state index contributed by atoms with van der Waals surface area (Å²) < 4.78 is 15.4. The molecule has 5 heteroatoms. The summed E-state index contributed by atoms with van der Waals surface area (Å²) in [4.78, 5) is 16.9. The molecule has 0 bridgehead atoms. The van der Waals surface area contributed by atoms with Gasteiger partial charge in [0.05, 0.1) is 25.2 Å². The van der Waals surface area contributed by atoms with Crippen LogP contribution in [0, 0.1) is 0 Å². The Hall–Kier alpha value is -1.98. The van der Waals surface area contributed by atoms with Gasteiger partial charge in [0.25, 0.3) is 0 Å². The zero-order valence-corrected chi connectivity index (χ0v) is 13.0. The molecule has 0 saturated heterocycles. The van der Waals surface area contributed by atoms with Crippen molar-refractivity contribution in [3.63, 3.8) is 0 Å². The average Bonchev–Trinajstić information content (AvgIpc) is 3.03. The molecule has 0 saturated carbocycles. The van der Waals surface area contributed by atoms with Crippen LogP contribution in [0.2, 0.25) is 0 Å². The summed E-state index contributed by atoms with van der Waals surface area (Å²) in [5.74, 6) is 0.717. The summed E-state index contributed by atoms with van der Waals surface area (Å²) >= 11 is 0. The molecule has 0 aromatic carbocycles. The topological polar surface area (TPSA) is 61.0 Å². The highest BCUT2D eigenvalue weighted by atomic mass is 16.5. The number of carbonyl (C=O) groups excluding carboxylic acids is 1. The van der Waals surface area contributed by atoms with Crippen LogP contribution < -0.4 is 0 Å². The van der Waals surface area contributed by atoms with E-state index in [4.69, 9.17) is 13.9 Å². The van der Waals surface area contributed by atoms with Gasteiger partial charge in [-0.3, -0.25) is 9.79 Å². The Kier molecular flexibility index (Phi) is 5.86. The molecule has 2 heterocycles. The van der Waals surface area contributed by atoms with Gasteiger partial charge in [-0.2, -0.15) is 0 Å². The van der Waals surface area contributed by atoms with Crippen molar-refractivity contribution in [2.24, 2.45) is 4.99 Å². The molecule has 118 valence electrons. The van der Waals surface area contributed by atoms with Crippen LogP contribution in [0.3, 0.4) is 0 Å². The molecule has 0 fully saturated rings. The molecule has 1 aromatic heterocycles. The van der Waals surface area contributed by atoms with E-state index < -0.39 is 5.54 Å². The highest BCUT2D eigenvalue weighted by Crippen LogP contribution is 2.22. The van der Waals surface area contributed by atoms with Gasteiger partial charge in [-0.1, -0.05) is 6.08 Å². The van der Waals surface area contributed by atoms with Crippen LogP contribution in [0.5, 0.6) is 0 Å². The molecule has 1 aliphatic heterocycles. The third kappa shape index (κ3) is 4.51. The Balaban J connectivity index is 1.98. The molecule has 0 amide bonds. The van der Waals surface area contributed by atoms with Crippen LogP contribution in [0.25, 0.3) is 6.08 Å². The van der Waals surface area contributed by atoms with Crippen LogP contribution in [0.15, 0.2) is 46.0 Å². The van der Waals surface area contributed by atoms with Crippen molar-refractivity contribution in [1.82, 2.24) is 0 Å². The molecule has 2 rings (SSSR count). The van der Waals surface area contributed by atoms with E-state index in [2.05, 4.69) is 4.99 Å². The first-order valence-corrected chi connectivity index (χ1v) is 7.22. The van der Waals surface area contributed by atoms with Crippen molar-refractivity contribution in [2.75, 3.05) is 26.9 Å². The fraction of sp³-hybridized carbons (Fsp3) is 0.412. The summed E-state index contributed by atoms with van der Waals surface area (Å²) in [7, 11) is 1.60.